The summed E-state index contributed by atoms with van der Waals surface area (Å²) in [5.41, 5.74) is 2.09. The molecule has 10 heteroatoms. The lowest BCUT2D eigenvalue weighted by Gasteiger charge is -2.35. The third kappa shape index (κ3) is 9.08. The molecule has 0 aliphatic rings. The number of nitrogens with one attached hydrogen (secondary N) is 1. The molecule has 0 spiro atoms. The molecule has 7 nitrogen and oxygen atoms in total. The quantitative estimate of drug-likeness (QED) is 0.304. The molecule has 3 aromatic rings. The number of halogens is 2. The van der Waals surface area contributed by atoms with Gasteiger partial charge >= 0.3 is 0 Å². The van der Waals surface area contributed by atoms with Crippen molar-refractivity contribution in [2.24, 2.45) is 0 Å². The van der Waals surface area contributed by atoms with Crippen molar-refractivity contribution in [2.75, 3.05) is 17.1 Å². The van der Waals surface area contributed by atoms with Crippen LogP contribution in [0.4, 0.5) is 5.69 Å². The zero-order chi connectivity index (χ0) is 29.7. The second-order valence-corrected chi connectivity index (χ2v) is 14.1. The van der Waals surface area contributed by atoms with Gasteiger partial charge in [-0.05, 0) is 74.7 Å². The molecule has 0 aliphatic carbocycles. The van der Waals surface area contributed by atoms with Crippen molar-refractivity contribution in [1.82, 2.24) is 10.2 Å². The fourth-order valence-corrected chi connectivity index (χ4v) is 5.68. The van der Waals surface area contributed by atoms with Gasteiger partial charge in [-0.15, -0.1) is 0 Å². The Balaban J connectivity index is 2.09. The van der Waals surface area contributed by atoms with Gasteiger partial charge in [0, 0.05) is 28.0 Å². The Hall–Kier alpha value is -2.88. The molecule has 1 atom stereocenters. The number of nitrogens with zero attached hydrogens (tertiary/aromatic N) is 2. The van der Waals surface area contributed by atoms with Gasteiger partial charge in [-0.1, -0.05) is 70.0 Å². The van der Waals surface area contributed by atoms with Crippen molar-refractivity contribution in [2.45, 2.75) is 52.2 Å². The second kappa shape index (κ2) is 13.2. The number of carbonyl (C=O) groups is 2. The van der Waals surface area contributed by atoms with Crippen LogP contribution in [0, 0.1) is 6.92 Å². The standard InChI is InChI=1S/C30H35BrClN3O4S/c1-21-17-25(32)15-16-26(21)35(40(5,38)39)20-28(36)34(19-23-11-13-24(31)14-12-23)27(29(37)33-30(2,3)4)18-22-9-7-6-8-10-22/h6-17,27H,18-20H2,1-5H3,(H,33,37)/t27-/m1/s1. The molecule has 0 saturated heterocycles. The summed E-state index contributed by atoms with van der Waals surface area (Å²) < 4.78 is 27.8. The van der Waals surface area contributed by atoms with Crippen LogP contribution in [0.25, 0.3) is 0 Å². The van der Waals surface area contributed by atoms with Crippen LogP contribution in [0.5, 0.6) is 0 Å². The van der Waals surface area contributed by atoms with Gasteiger partial charge in [-0.25, -0.2) is 8.42 Å². The van der Waals surface area contributed by atoms with Crippen LogP contribution in [0.15, 0.2) is 77.3 Å². The van der Waals surface area contributed by atoms with Crippen molar-refractivity contribution in [3.8, 4) is 0 Å². The second-order valence-electron chi connectivity index (χ2n) is 10.8. The number of anilines is 1. The van der Waals surface area contributed by atoms with E-state index in [0.717, 1.165) is 26.2 Å². The van der Waals surface area contributed by atoms with E-state index in [1.807, 2.05) is 75.4 Å². The lowest BCUT2D eigenvalue weighted by atomic mass is 10.0. The van der Waals surface area contributed by atoms with Crippen molar-refractivity contribution in [3.05, 3.63) is 99.0 Å². The monoisotopic (exact) mass is 647 g/mol. The highest BCUT2D eigenvalue weighted by Crippen LogP contribution is 2.26. The van der Waals surface area contributed by atoms with E-state index in [4.69, 9.17) is 11.6 Å². The first-order chi connectivity index (χ1) is 18.6. The largest absolute Gasteiger partial charge is 0.350 e. The van der Waals surface area contributed by atoms with Gasteiger partial charge < -0.3 is 10.2 Å². The maximum atomic E-state index is 14.1. The van der Waals surface area contributed by atoms with Crippen LogP contribution in [0.3, 0.4) is 0 Å². The molecule has 0 bridgehead atoms. The molecule has 0 heterocycles. The Morgan fingerprint density at radius 3 is 2.15 bits per heavy atom. The molecule has 0 aliphatic heterocycles. The maximum absolute atomic E-state index is 14.1. The third-order valence-corrected chi connectivity index (χ3v) is 8.03. The van der Waals surface area contributed by atoms with Gasteiger partial charge in [0.25, 0.3) is 0 Å². The minimum absolute atomic E-state index is 0.110. The molecule has 3 aromatic carbocycles. The molecule has 3 rings (SSSR count). The third-order valence-electron chi connectivity index (χ3n) is 6.14. The molecule has 0 aromatic heterocycles. The summed E-state index contributed by atoms with van der Waals surface area (Å²) in [6.45, 7) is 6.99. The molecule has 40 heavy (non-hydrogen) atoms. The molecule has 0 radical (unpaired) electrons. The van der Waals surface area contributed by atoms with Crippen LogP contribution >= 0.6 is 27.5 Å². The number of rotatable bonds is 10. The molecule has 0 fully saturated rings. The summed E-state index contributed by atoms with van der Waals surface area (Å²) in [6, 6.07) is 20.8. The van der Waals surface area contributed by atoms with Gasteiger partial charge in [0.2, 0.25) is 21.8 Å². The summed E-state index contributed by atoms with van der Waals surface area (Å²) in [7, 11) is -3.86. The topological polar surface area (TPSA) is 86.8 Å². The molecular weight excluding hydrogens is 614 g/mol. The Labute approximate surface area is 250 Å². The highest BCUT2D eigenvalue weighted by molar-refractivity contribution is 9.10. The van der Waals surface area contributed by atoms with Crippen molar-refractivity contribution >= 4 is 55.1 Å². The number of hydrogen-bond donors (Lipinski definition) is 1. The Kier molecular flexibility index (Phi) is 10.4. The lowest BCUT2D eigenvalue weighted by Crippen LogP contribution is -2.56. The van der Waals surface area contributed by atoms with Gasteiger partial charge in [-0.3, -0.25) is 13.9 Å². The van der Waals surface area contributed by atoms with Gasteiger partial charge in [-0.2, -0.15) is 0 Å². The summed E-state index contributed by atoms with van der Waals surface area (Å²) in [5, 5.41) is 3.47. The van der Waals surface area contributed by atoms with E-state index < -0.39 is 34.1 Å². The SMILES string of the molecule is Cc1cc(Cl)ccc1N(CC(=O)N(Cc1ccc(Br)cc1)[C@H](Cc1ccccc1)C(=O)NC(C)(C)C)S(C)(=O)=O. The Morgan fingerprint density at radius 1 is 0.975 bits per heavy atom. The van der Waals surface area contributed by atoms with Gasteiger partial charge in [0.1, 0.15) is 12.6 Å². The lowest BCUT2D eigenvalue weighted by molar-refractivity contribution is -0.140. The molecule has 0 unspecified atom stereocenters. The van der Waals surface area contributed by atoms with Crippen LogP contribution < -0.4 is 9.62 Å². The fraction of sp³-hybridized carbons (Fsp3) is 0.333. The predicted octanol–water partition coefficient (Wildman–Crippen LogP) is 5.73. The first kappa shape index (κ1) is 31.6. The van der Waals surface area contributed by atoms with E-state index in [1.165, 1.54) is 4.90 Å². The summed E-state index contributed by atoms with van der Waals surface area (Å²) in [4.78, 5) is 29.3. The minimum Gasteiger partial charge on any atom is -0.350 e. The molecular formula is C30H35BrClN3O4S. The maximum Gasteiger partial charge on any atom is 0.244 e. The number of benzene rings is 3. The molecule has 1 N–H and O–H groups in total. The summed E-state index contributed by atoms with van der Waals surface area (Å²) in [5.74, 6) is -0.830. The predicted molar refractivity (Wildman–Crippen MR) is 165 cm³/mol. The van der Waals surface area contributed by atoms with Gasteiger partial charge in [0.05, 0.1) is 11.9 Å². The zero-order valence-electron chi connectivity index (χ0n) is 23.3. The first-order valence-corrected chi connectivity index (χ1v) is 15.8. The van der Waals surface area contributed by atoms with Gasteiger partial charge in [0.15, 0.2) is 0 Å². The number of amides is 2. The Bertz CT molecular complexity index is 1440. The highest BCUT2D eigenvalue weighted by atomic mass is 79.9. The number of hydrogen-bond acceptors (Lipinski definition) is 4. The van der Waals surface area contributed by atoms with Crippen molar-refractivity contribution in [1.29, 1.82) is 0 Å². The highest BCUT2D eigenvalue weighted by Gasteiger charge is 2.34. The summed E-state index contributed by atoms with van der Waals surface area (Å²) in [6.07, 6.45) is 1.31. The zero-order valence-corrected chi connectivity index (χ0v) is 26.5. The minimum atomic E-state index is -3.86. The van der Waals surface area contributed by atoms with E-state index in [9.17, 15) is 18.0 Å². The average molecular weight is 649 g/mol. The van der Waals surface area contributed by atoms with E-state index in [1.54, 1.807) is 25.1 Å². The van der Waals surface area contributed by atoms with Crippen molar-refractivity contribution < 1.29 is 18.0 Å². The molecule has 214 valence electrons. The van der Waals surface area contributed by atoms with Crippen molar-refractivity contribution in [3.63, 3.8) is 0 Å². The Morgan fingerprint density at radius 2 is 1.60 bits per heavy atom. The van der Waals surface area contributed by atoms with Crippen LogP contribution in [0.1, 0.15) is 37.5 Å². The van der Waals surface area contributed by atoms with E-state index >= 15 is 0 Å². The smallest absolute Gasteiger partial charge is 0.244 e. The fourth-order valence-electron chi connectivity index (χ4n) is 4.29. The molecule has 0 saturated carbocycles. The normalized spacial score (nSPS) is 12.5. The number of carbonyl (C=O) groups excluding carboxylic acids is 2. The first-order valence-electron chi connectivity index (χ1n) is 12.8. The summed E-state index contributed by atoms with van der Waals surface area (Å²) >= 11 is 9.54. The van der Waals surface area contributed by atoms with Crippen LogP contribution in [-0.2, 0) is 32.6 Å². The van der Waals surface area contributed by atoms with Crippen LogP contribution in [-0.4, -0.2) is 49.5 Å². The van der Waals surface area contributed by atoms with E-state index in [-0.39, 0.29) is 18.9 Å². The number of sulfonamides is 1. The average Bonchev–Trinajstić information content (AvgIpc) is 2.85. The molecule has 2 amide bonds. The van der Waals surface area contributed by atoms with E-state index in [2.05, 4.69) is 21.2 Å². The van der Waals surface area contributed by atoms with E-state index in [0.29, 0.717) is 16.3 Å². The number of aryl methyl sites for hydroxylation is 1. The van der Waals surface area contributed by atoms with Crippen LogP contribution in [0.2, 0.25) is 5.02 Å².